The van der Waals surface area contributed by atoms with E-state index in [1.54, 1.807) is 19.1 Å². The van der Waals surface area contributed by atoms with Crippen molar-refractivity contribution in [3.8, 4) is 0 Å². The molecule has 4 nitrogen and oxygen atoms in total. The fourth-order valence-electron chi connectivity index (χ4n) is 1.53. The molecule has 3 atom stereocenters. The van der Waals surface area contributed by atoms with Crippen molar-refractivity contribution in [2.24, 2.45) is 0 Å². The molecule has 0 fully saturated rings. The van der Waals surface area contributed by atoms with Crippen LogP contribution in [-0.4, -0.2) is 37.9 Å². The van der Waals surface area contributed by atoms with Crippen molar-refractivity contribution in [3.05, 3.63) is 29.8 Å². The first kappa shape index (κ1) is 16.6. The molecule has 0 aliphatic carbocycles. The number of carboxylic acids is 1. The first-order valence-corrected chi connectivity index (χ1v) is 6.78. The maximum absolute atomic E-state index is 12.5. The highest BCUT2D eigenvalue weighted by Crippen LogP contribution is 2.28. The zero-order chi connectivity index (χ0) is 15.5. The Morgan fingerprint density at radius 3 is 2.20 bits per heavy atom. The highest BCUT2D eigenvalue weighted by atomic mass is 32.2. The van der Waals surface area contributed by atoms with Crippen LogP contribution in [0.2, 0.25) is 0 Å². The third-order valence-corrected chi connectivity index (χ3v) is 4.30. The van der Waals surface area contributed by atoms with Gasteiger partial charge in [-0.15, -0.1) is 0 Å². The number of aliphatic hydroxyl groups is 1. The summed E-state index contributed by atoms with van der Waals surface area (Å²) in [6, 6.07) is 5.79. The van der Waals surface area contributed by atoms with Gasteiger partial charge in [-0.25, -0.2) is 0 Å². The van der Waals surface area contributed by atoms with Crippen molar-refractivity contribution in [2.45, 2.75) is 35.8 Å². The summed E-state index contributed by atoms with van der Waals surface area (Å²) in [5.74, 6) is -1.56. The van der Waals surface area contributed by atoms with E-state index in [4.69, 9.17) is 5.11 Å². The molecule has 1 unspecified atom stereocenters. The molecule has 0 radical (unpaired) electrons. The number of aliphatic carboxylic acids is 1. The fourth-order valence-corrected chi connectivity index (χ4v) is 2.97. The van der Waals surface area contributed by atoms with Gasteiger partial charge >= 0.3 is 12.1 Å². The second-order valence-electron chi connectivity index (χ2n) is 4.23. The maximum Gasteiger partial charge on any atom is 0.415 e. The third kappa shape index (κ3) is 4.31. The van der Waals surface area contributed by atoms with Gasteiger partial charge in [0.2, 0.25) is 0 Å². The number of aryl methyl sites for hydroxylation is 1. The molecule has 0 aliphatic heterocycles. The summed E-state index contributed by atoms with van der Waals surface area (Å²) in [4.78, 5) is 10.7. The topological polar surface area (TPSA) is 74.6 Å². The Balaban J connectivity index is 3.07. The summed E-state index contributed by atoms with van der Waals surface area (Å²) in [7, 11) is -2.28. The first-order valence-electron chi connectivity index (χ1n) is 5.56. The van der Waals surface area contributed by atoms with Gasteiger partial charge in [-0.1, -0.05) is 17.7 Å². The molecule has 0 spiro atoms. The average molecular weight is 310 g/mol. The van der Waals surface area contributed by atoms with Crippen LogP contribution in [0.15, 0.2) is 29.2 Å². The lowest BCUT2D eigenvalue weighted by Crippen LogP contribution is -2.43. The van der Waals surface area contributed by atoms with Crippen LogP contribution in [-0.2, 0) is 15.6 Å². The van der Waals surface area contributed by atoms with Crippen LogP contribution in [0, 0.1) is 6.92 Å². The highest BCUT2D eigenvalue weighted by Gasteiger charge is 2.46. The molecule has 0 bridgehead atoms. The predicted octanol–water partition coefficient (Wildman–Crippen LogP) is 1.87. The molecule has 0 aliphatic rings. The quantitative estimate of drug-likeness (QED) is 0.870. The zero-order valence-electron chi connectivity index (χ0n) is 10.4. The number of carbonyl (C=O) groups is 1. The van der Waals surface area contributed by atoms with Crippen LogP contribution < -0.4 is 0 Å². The standard InChI is InChI=1S/C12H13F3O4S/c1-7-2-4-8(5-3-7)20(19)9(6-10(16)17)11(18)12(13,14)15/h2-5,9,11,18H,6H2,1H3,(H,16,17)/t9-,11+,20?/m1/s1. The van der Waals surface area contributed by atoms with E-state index in [1.807, 2.05) is 0 Å². The number of aliphatic hydroxyl groups excluding tert-OH is 1. The van der Waals surface area contributed by atoms with Gasteiger partial charge in [-0.3, -0.25) is 9.00 Å². The molecule has 2 N–H and O–H groups in total. The van der Waals surface area contributed by atoms with Crippen molar-refractivity contribution in [2.75, 3.05) is 0 Å². The molecule has 0 amide bonds. The van der Waals surface area contributed by atoms with Crippen molar-refractivity contribution in [1.29, 1.82) is 0 Å². The van der Waals surface area contributed by atoms with Crippen LogP contribution in [0.3, 0.4) is 0 Å². The van der Waals surface area contributed by atoms with Gasteiger partial charge in [-0.2, -0.15) is 13.2 Å². The second kappa shape index (κ2) is 6.36. The summed E-state index contributed by atoms with van der Waals surface area (Å²) >= 11 is 0. The van der Waals surface area contributed by atoms with Crippen molar-refractivity contribution < 1.29 is 32.4 Å². The third-order valence-electron chi connectivity index (χ3n) is 2.59. The number of carboxylic acid groups (broad SMARTS) is 1. The van der Waals surface area contributed by atoms with E-state index in [1.165, 1.54) is 12.1 Å². The minimum atomic E-state index is -5.03. The zero-order valence-corrected chi connectivity index (χ0v) is 11.2. The van der Waals surface area contributed by atoms with Gasteiger partial charge in [0.05, 0.1) is 22.5 Å². The highest BCUT2D eigenvalue weighted by molar-refractivity contribution is 7.85. The molecule has 0 aromatic heterocycles. The van der Waals surface area contributed by atoms with Crippen molar-refractivity contribution in [1.82, 2.24) is 0 Å². The molecule has 0 saturated heterocycles. The molecular weight excluding hydrogens is 297 g/mol. The lowest BCUT2D eigenvalue weighted by Gasteiger charge is -2.23. The Hall–Kier alpha value is -1.41. The Morgan fingerprint density at radius 1 is 1.30 bits per heavy atom. The summed E-state index contributed by atoms with van der Waals surface area (Å²) < 4.78 is 49.6. The average Bonchev–Trinajstić information content (AvgIpc) is 2.34. The number of hydrogen-bond acceptors (Lipinski definition) is 3. The van der Waals surface area contributed by atoms with Crippen molar-refractivity contribution in [3.63, 3.8) is 0 Å². The Kier molecular flexibility index (Phi) is 5.29. The summed E-state index contributed by atoms with van der Waals surface area (Å²) in [5, 5.41) is 15.9. The Bertz CT molecular complexity index is 498. The van der Waals surface area contributed by atoms with Crippen LogP contribution in [0.25, 0.3) is 0 Å². The normalized spacial score (nSPS) is 16.4. The summed E-state index contributed by atoms with van der Waals surface area (Å²) in [6.07, 6.45) is -9.03. The summed E-state index contributed by atoms with van der Waals surface area (Å²) in [5.41, 5.74) is 0.817. The first-order chi connectivity index (χ1) is 9.12. The molecule has 112 valence electrons. The van der Waals surface area contributed by atoms with Gasteiger partial charge in [-0.05, 0) is 19.1 Å². The monoisotopic (exact) mass is 310 g/mol. The molecule has 0 saturated carbocycles. The smallest absolute Gasteiger partial charge is 0.415 e. The van der Waals surface area contributed by atoms with Crippen LogP contribution in [0.4, 0.5) is 13.2 Å². The number of rotatable bonds is 5. The number of hydrogen-bond donors (Lipinski definition) is 2. The van der Waals surface area contributed by atoms with E-state index in [0.29, 0.717) is 0 Å². The fraction of sp³-hybridized carbons (Fsp3) is 0.417. The number of halogens is 3. The summed E-state index contributed by atoms with van der Waals surface area (Å²) in [6.45, 7) is 1.74. The molecule has 0 heterocycles. The number of benzene rings is 1. The molecule has 20 heavy (non-hydrogen) atoms. The van der Waals surface area contributed by atoms with E-state index in [0.717, 1.165) is 5.56 Å². The van der Waals surface area contributed by atoms with Gasteiger partial charge in [0.25, 0.3) is 0 Å². The van der Waals surface area contributed by atoms with Gasteiger partial charge < -0.3 is 10.2 Å². The lowest BCUT2D eigenvalue weighted by molar-refractivity contribution is -0.204. The predicted molar refractivity (Wildman–Crippen MR) is 65.7 cm³/mol. The minimum absolute atomic E-state index is 0.0464. The molecule has 1 aromatic carbocycles. The van der Waals surface area contributed by atoms with Gasteiger partial charge in [0, 0.05) is 4.90 Å². The van der Waals surface area contributed by atoms with Crippen molar-refractivity contribution >= 4 is 16.8 Å². The van der Waals surface area contributed by atoms with E-state index in [2.05, 4.69) is 0 Å². The van der Waals surface area contributed by atoms with Crippen LogP contribution in [0.1, 0.15) is 12.0 Å². The van der Waals surface area contributed by atoms with Gasteiger partial charge in [0.1, 0.15) is 0 Å². The molecule has 1 rings (SSSR count). The molecular formula is C12H13F3O4S. The maximum atomic E-state index is 12.5. The van der Waals surface area contributed by atoms with Crippen LogP contribution in [0.5, 0.6) is 0 Å². The minimum Gasteiger partial charge on any atom is -0.481 e. The SMILES string of the molecule is Cc1ccc(S(=O)[C@H](CC(=O)O)[C@H](O)C(F)(F)F)cc1. The largest absolute Gasteiger partial charge is 0.481 e. The van der Waals surface area contributed by atoms with Gasteiger partial charge in [0.15, 0.2) is 6.10 Å². The lowest BCUT2D eigenvalue weighted by atomic mass is 10.2. The Morgan fingerprint density at radius 2 is 1.80 bits per heavy atom. The Labute approximate surface area is 115 Å². The van der Waals surface area contributed by atoms with E-state index in [-0.39, 0.29) is 4.90 Å². The van der Waals surface area contributed by atoms with E-state index in [9.17, 15) is 27.3 Å². The van der Waals surface area contributed by atoms with E-state index < -0.39 is 40.7 Å². The van der Waals surface area contributed by atoms with Crippen LogP contribution >= 0.6 is 0 Å². The number of alkyl halides is 3. The van der Waals surface area contributed by atoms with E-state index >= 15 is 0 Å². The molecule has 8 heteroatoms. The molecule has 1 aromatic rings. The second-order valence-corrected chi connectivity index (χ2v) is 5.90.